The highest BCUT2D eigenvalue weighted by atomic mass is 16.6. The molecule has 1 aromatic carbocycles. The first-order valence-electron chi connectivity index (χ1n) is 6.71. The van der Waals surface area contributed by atoms with E-state index < -0.39 is 0 Å². The van der Waals surface area contributed by atoms with Gasteiger partial charge in [0.15, 0.2) is 11.5 Å². The molecule has 0 aliphatic carbocycles. The van der Waals surface area contributed by atoms with Crippen LogP contribution in [0.3, 0.4) is 0 Å². The number of fused-ring (bicyclic) bond motifs is 1. The van der Waals surface area contributed by atoms with E-state index in [9.17, 15) is 4.79 Å². The van der Waals surface area contributed by atoms with Gasteiger partial charge >= 0.3 is 0 Å². The highest BCUT2D eigenvalue weighted by molar-refractivity contribution is 5.78. The first-order chi connectivity index (χ1) is 9.70. The van der Waals surface area contributed by atoms with E-state index in [1.165, 1.54) is 0 Å². The summed E-state index contributed by atoms with van der Waals surface area (Å²) < 4.78 is 11.0. The zero-order valence-electron chi connectivity index (χ0n) is 11.6. The Morgan fingerprint density at radius 1 is 1.40 bits per heavy atom. The number of amides is 1. The summed E-state index contributed by atoms with van der Waals surface area (Å²) in [5.41, 5.74) is 0.992. The van der Waals surface area contributed by atoms with Crippen LogP contribution >= 0.6 is 0 Å². The number of nitrogens with one attached hydrogen (secondary N) is 2. The van der Waals surface area contributed by atoms with Gasteiger partial charge in [0.1, 0.15) is 13.2 Å². The van der Waals surface area contributed by atoms with Crippen molar-refractivity contribution in [2.24, 2.45) is 0 Å². The Morgan fingerprint density at radius 3 is 2.90 bits per heavy atom. The average Bonchev–Trinajstić information content (AvgIpc) is 2.47. The maximum absolute atomic E-state index is 11.7. The maximum atomic E-state index is 11.7. The lowest BCUT2D eigenvalue weighted by Gasteiger charge is -2.21. The van der Waals surface area contributed by atoms with Crippen molar-refractivity contribution in [3.05, 3.63) is 36.4 Å². The van der Waals surface area contributed by atoms with Crippen molar-refractivity contribution < 1.29 is 14.3 Å². The fraction of sp³-hybridized carbons (Fsp3) is 0.400. The van der Waals surface area contributed by atoms with E-state index in [4.69, 9.17) is 9.47 Å². The normalized spacial score (nSPS) is 14.4. The molecule has 0 radical (unpaired) electrons. The van der Waals surface area contributed by atoms with Gasteiger partial charge in [-0.3, -0.25) is 4.79 Å². The predicted molar refractivity (Wildman–Crippen MR) is 77.1 cm³/mol. The third-order valence-electron chi connectivity index (χ3n) is 3.02. The van der Waals surface area contributed by atoms with Crippen LogP contribution in [0.4, 0.5) is 0 Å². The number of carbonyl (C=O) groups excluding carboxylic acids is 1. The SMILES string of the molecule is C=CCNCC(=O)N[C@H](C)c1ccc2c(c1)OCCO2. The van der Waals surface area contributed by atoms with Crippen molar-refractivity contribution in [1.82, 2.24) is 10.6 Å². The van der Waals surface area contributed by atoms with Gasteiger partial charge in [-0.1, -0.05) is 12.1 Å². The molecule has 0 unspecified atom stereocenters. The molecule has 0 saturated heterocycles. The van der Waals surface area contributed by atoms with E-state index >= 15 is 0 Å². The maximum Gasteiger partial charge on any atom is 0.234 e. The van der Waals surface area contributed by atoms with Crippen molar-refractivity contribution in [3.8, 4) is 11.5 Å². The Morgan fingerprint density at radius 2 is 2.15 bits per heavy atom. The highest BCUT2D eigenvalue weighted by Gasteiger charge is 2.15. The van der Waals surface area contributed by atoms with Crippen LogP contribution in [0.15, 0.2) is 30.9 Å². The van der Waals surface area contributed by atoms with Gasteiger partial charge in [-0.05, 0) is 24.6 Å². The summed E-state index contributed by atoms with van der Waals surface area (Å²) in [5, 5.41) is 5.90. The lowest BCUT2D eigenvalue weighted by Crippen LogP contribution is -2.35. The van der Waals surface area contributed by atoms with E-state index in [0.717, 1.165) is 17.1 Å². The van der Waals surface area contributed by atoms with E-state index in [-0.39, 0.29) is 18.5 Å². The van der Waals surface area contributed by atoms with Crippen LogP contribution in [0.1, 0.15) is 18.5 Å². The Kier molecular flexibility index (Phi) is 5.01. The van der Waals surface area contributed by atoms with Crippen LogP contribution in [0.5, 0.6) is 11.5 Å². The Labute approximate surface area is 119 Å². The standard InChI is InChI=1S/C15H20N2O3/c1-3-6-16-10-15(18)17-11(2)12-4-5-13-14(9-12)20-8-7-19-13/h3-5,9,11,16H,1,6-8,10H2,2H3,(H,17,18)/t11-/m1/s1. The van der Waals surface area contributed by atoms with Crippen LogP contribution in [0, 0.1) is 0 Å². The molecule has 0 saturated carbocycles. The monoisotopic (exact) mass is 276 g/mol. The van der Waals surface area contributed by atoms with E-state index in [0.29, 0.717) is 19.8 Å². The molecule has 1 heterocycles. The topological polar surface area (TPSA) is 59.6 Å². The lowest BCUT2D eigenvalue weighted by molar-refractivity contribution is -0.120. The molecule has 0 aromatic heterocycles. The van der Waals surface area contributed by atoms with Crippen molar-refractivity contribution in [3.63, 3.8) is 0 Å². The summed E-state index contributed by atoms with van der Waals surface area (Å²) in [6.07, 6.45) is 1.72. The minimum absolute atomic E-state index is 0.0470. The van der Waals surface area contributed by atoms with Gasteiger partial charge in [-0.15, -0.1) is 6.58 Å². The minimum Gasteiger partial charge on any atom is -0.486 e. The smallest absolute Gasteiger partial charge is 0.234 e. The van der Waals surface area contributed by atoms with Crippen molar-refractivity contribution >= 4 is 5.91 Å². The molecule has 2 rings (SSSR count). The molecular formula is C15H20N2O3. The second-order valence-electron chi connectivity index (χ2n) is 4.61. The van der Waals surface area contributed by atoms with Crippen LogP contribution in [-0.4, -0.2) is 32.2 Å². The van der Waals surface area contributed by atoms with Crippen molar-refractivity contribution in [2.75, 3.05) is 26.3 Å². The van der Waals surface area contributed by atoms with Gasteiger partial charge in [0.05, 0.1) is 12.6 Å². The molecule has 1 aromatic rings. The number of ether oxygens (including phenoxy) is 2. The summed E-state index contributed by atoms with van der Waals surface area (Å²) in [4.78, 5) is 11.7. The van der Waals surface area contributed by atoms with E-state index in [1.807, 2.05) is 25.1 Å². The minimum atomic E-state index is -0.0798. The number of benzene rings is 1. The molecule has 2 N–H and O–H groups in total. The predicted octanol–water partition coefficient (Wildman–Crippen LogP) is 1.41. The third-order valence-corrected chi connectivity index (χ3v) is 3.02. The second kappa shape index (κ2) is 6.96. The quantitative estimate of drug-likeness (QED) is 0.609. The average molecular weight is 276 g/mol. The second-order valence-corrected chi connectivity index (χ2v) is 4.61. The molecule has 1 amide bonds. The lowest BCUT2D eigenvalue weighted by atomic mass is 10.1. The summed E-state index contributed by atoms with van der Waals surface area (Å²) >= 11 is 0. The van der Waals surface area contributed by atoms with Crippen molar-refractivity contribution in [1.29, 1.82) is 0 Å². The fourth-order valence-electron chi connectivity index (χ4n) is 1.99. The number of rotatable bonds is 6. The van der Waals surface area contributed by atoms with Crippen LogP contribution in [0.25, 0.3) is 0 Å². The first kappa shape index (κ1) is 14.4. The van der Waals surface area contributed by atoms with E-state index in [2.05, 4.69) is 17.2 Å². The van der Waals surface area contributed by atoms with Crippen molar-refractivity contribution in [2.45, 2.75) is 13.0 Å². The Bertz CT molecular complexity index is 488. The summed E-state index contributed by atoms with van der Waals surface area (Å²) in [7, 11) is 0. The van der Waals surface area contributed by atoms with Crippen LogP contribution < -0.4 is 20.1 Å². The molecule has 0 spiro atoms. The summed E-state index contributed by atoms with van der Waals surface area (Å²) in [5.74, 6) is 1.44. The molecule has 1 aliphatic heterocycles. The third kappa shape index (κ3) is 3.74. The molecule has 1 atom stereocenters. The molecule has 1 aliphatic rings. The zero-order chi connectivity index (χ0) is 14.4. The van der Waals surface area contributed by atoms with Gasteiger partial charge in [0, 0.05) is 6.54 Å². The number of hydrogen-bond acceptors (Lipinski definition) is 4. The summed E-state index contributed by atoms with van der Waals surface area (Å²) in [6, 6.07) is 5.65. The van der Waals surface area contributed by atoms with Crippen LogP contribution in [0.2, 0.25) is 0 Å². The molecular weight excluding hydrogens is 256 g/mol. The van der Waals surface area contributed by atoms with Gasteiger partial charge in [0.2, 0.25) is 5.91 Å². The Hall–Kier alpha value is -2.01. The molecule has 0 bridgehead atoms. The number of hydrogen-bond donors (Lipinski definition) is 2. The van der Waals surface area contributed by atoms with Gasteiger partial charge in [-0.25, -0.2) is 0 Å². The fourth-order valence-corrected chi connectivity index (χ4v) is 1.99. The van der Waals surface area contributed by atoms with Gasteiger partial charge < -0.3 is 20.1 Å². The highest BCUT2D eigenvalue weighted by Crippen LogP contribution is 2.32. The van der Waals surface area contributed by atoms with Crippen LogP contribution in [-0.2, 0) is 4.79 Å². The largest absolute Gasteiger partial charge is 0.486 e. The molecule has 5 nitrogen and oxygen atoms in total. The van der Waals surface area contributed by atoms with E-state index in [1.54, 1.807) is 6.08 Å². The number of carbonyl (C=O) groups is 1. The van der Waals surface area contributed by atoms with Gasteiger partial charge in [-0.2, -0.15) is 0 Å². The Balaban J connectivity index is 1.93. The zero-order valence-corrected chi connectivity index (χ0v) is 11.6. The summed E-state index contributed by atoms with van der Waals surface area (Å²) in [6.45, 7) is 7.56. The molecule has 0 fully saturated rings. The van der Waals surface area contributed by atoms with Gasteiger partial charge in [0.25, 0.3) is 0 Å². The first-order valence-corrected chi connectivity index (χ1v) is 6.71. The molecule has 5 heteroatoms. The molecule has 20 heavy (non-hydrogen) atoms. The molecule has 108 valence electrons.